The summed E-state index contributed by atoms with van der Waals surface area (Å²) in [4.78, 5) is 0. The van der Waals surface area contributed by atoms with Crippen molar-refractivity contribution in [2.24, 2.45) is 0 Å². The molecule has 0 saturated heterocycles. The van der Waals surface area contributed by atoms with Crippen LogP contribution < -0.4 is 0 Å². The van der Waals surface area contributed by atoms with Crippen LogP contribution in [0.1, 0.15) is 74.6 Å². The minimum Gasteiger partial charge on any atom is -0.0648 e. The van der Waals surface area contributed by atoms with Gasteiger partial charge in [-0.3, -0.25) is 0 Å². The first-order chi connectivity index (χ1) is 7.52. The van der Waals surface area contributed by atoms with Crippen molar-refractivity contribution >= 4 is 0 Å². The first-order valence-corrected chi connectivity index (χ1v) is 6.62. The molecule has 0 aliphatic heterocycles. The number of rotatable bonds is 4. The van der Waals surface area contributed by atoms with Crippen LogP contribution in [0.5, 0.6) is 0 Å². The fourth-order valence-corrected chi connectivity index (χ4v) is 2.37. The van der Waals surface area contributed by atoms with E-state index in [1.165, 1.54) is 24.0 Å². The van der Waals surface area contributed by atoms with E-state index in [1.54, 1.807) is 11.1 Å². The summed E-state index contributed by atoms with van der Waals surface area (Å²) in [5.41, 5.74) is 6.12. The molecule has 16 heavy (non-hydrogen) atoms. The molecule has 0 amide bonds. The number of hydrogen-bond donors (Lipinski definition) is 0. The van der Waals surface area contributed by atoms with Crippen LogP contribution in [0.4, 0.5) is 0 Å². The summed E-state index contributed by atoms with van der Waals surface area (Å²) < 4.78 is 0. The lowest BCUT2D eigenvalue weighted by Gasteiger charge is -2.23. The SMILES string of the molecule is CCC(C)c1ccc(C)c(C)c1C(C)CC. The Morgan fingerprint density at radius 3 is 2.00 bits per heavy atom. The van der Waals surface area contributed by atoms with Gasteiger partial charge in [0, 0.05) is 0 Å². The van der Waals surface area contributed by atoms with Crippen molar-refractivity contribution in [3.63, 3.8) is 0 Å². The molecule has 0 aliphatic rings. The molecule has 1 rings (SSSR count). The van der Waals surface area contributed by atoms with Crippen LogP contribution in [0.3, 0.4) is 0 Å². The lowest BCUT2D eigenvalue weighted by atomic mass is 9.82. The molecule has 1 aromatic rings. The second-order valence-electron chi connectivity index (χ2n) is 5.13. The Bertz CT molecular complexity index is 349. The minimum absolute atomic E-state index is 0.684. The van der Waals surface area contributed by atoms with Gasteiger partial charge in [-0.25, -0.2) is 0 Å². The fourth-order valence-electron chi connectivity index (χ4n) is 2.37. The van der Waals surface area contributed by atoms with Crippen molar-refractivity contribution in [3.8, 4) is 0 Å². The van der Waals surface area contributed by atoms with Crippen LogP contribution in [0.15, 0.2) is 12.1 Å². The normalized spacial score (nSPS) is 14.9. The van der Waals surface area contributed by atoms with E-state index >= 15 is 0 Å². The van der Waals surface area contributed by atoms with Gasteiger partial charge in [0.15, 0.2) is 0 Å². The highest BCUT2D eigenvalue weighted by Crippen LogP contribution is 2.33. The van der Waals surface area contributed by atoms with Gasteiger partial charge in [0.2, 0.25) is 0 Å². The van der Waals surface area contributed by atoms with E-state index in [1.807, 2.05) is 0 Å². The number of aryl methyl sites for hydroxylation is 1. The predicted molar refractivity (Wildman–Crippen MR) is 73.3 cm³/mol. The fraction of sp³-hybridized carbons (Fsp3) is 0.625. The first-order valence-electron chi connectivity index (χ1n) is 6.62. The van der Waals surface area contributed by atoms with Crippen molar-refractivity contribution in [1.29, 1.82) is 0 Å². The maximum absolute atomic E-state index is 2.35. The Morgan fingerprint density at radius 2 is 1.50 bits per heavy atom. The van der Waals surface area contributed by atoms with Gasteiger partial charge >= 0.3 is 0 Å². The predicted octanol–water partition coefficient (Wildman–Crippen LogP) is 5.33. The van der Waals surface area contributed by atoms with Gasteiger partial charge < -0.3 is 0 Å². The first kappa shape index (κ1) is 13.3. The summed E-state index contributed by atoms with van der Waals surface area (Å²) in [6.07, 6.45) is 2.46. The van der Waals surface area contributed by atoms with Crippen molar-refractivity contribution < 1.29 is 0 Å². The zero-order valence-corrected chi connectivity index (χ0v) is 11.7. The van der Waals surface area contributed by atoms with E-state index in [0.717, 1.165) is 0 Å². The quantitative estimate of drug-likeness (QED) is 0.640. The number of benzene rings is 1. The maximum atomic E-state index is 2.35. The molecule has 0 aromatic heterocycles. The van der Waals surface area contributed by atoms with Crippen LogP contribution in [0.2, 0.25) is 0 Å². The molecule has 0 fully saturated rings. The average molecular weight is 218 g/mol. The van der Waals surface area contributed by atoms with E-state index in [9.17, 15) is 0 Å². The van der Waals surface area contributed by atoms with Gasteiger partial charge in [-0.2, -0.15) is 0 Å². The van der Waals surface area contributed by atoms with Crippen LogP contribution in [-0.2, 0) is 0 Å². The van der Waals surface area contributed by atoms with Gasteiger partial charge in [0.25, 0.3) is 0 Å². The summed E-state index contributed by atoms with van der Waals surface area (Å²) in [7, 11) is 0. The Labute approximate surface area is 101 Å². The van der Waals surface area contributed by atoms with Gasteiger partial charge in [0.05, 0.1) is 0 Å². The average Bonchev–Trinajstić information content (AvgIpc) is 2.30. The van der Waals surface area contributed by atoms with Gasteiger partial charge in [0.1, 0.15) is 0 Å². The summed E-state index contributed by atoms with van der Waals surface area (Å²) in [6.45, 7) is 13.8. The Morgan fingerprint density at radius 1 is 0.938 bits per heavy atom. The van der Waals surface area contributed by atoms with E-state index in [4.69, 9.17) is 0 Å². The van der Waals surface area contributed by atoms with Crippen molar-refractivity contribution in [2.45, 2.75) is 66.2 Å². The van der Waals surface area contributed by atoms with Gasteiger partial charge in [-0.1, -0.05) is 39.8 Å². The monoisotopic (exact) mass is 218 g/mol. The number of hydrogen-bond acceptors (Lipinski definition) is 0. The zero-order valence-electron chi connectivity index (χ0n) is 11.7. The minimum atomic E-state index is 0.684. The van der Waals surface area contributed by atoms with E-state index in [2.05, 4.69) is 53.7 Å². The smallest absolute Gasteiger partial charge is 0.0187 e. The molecule has 0 saturated carbocycles. The van der Waals surface area contributed by atoms with E-state index in [-0.39, 0.29) is 0 Å². The molecule has 90 valence electrons. The summed E-state index contributed by atoms with van der Waals surface area (Å²) in [5, 5.41) is 0. The molecule has 0 bridgehead atoms. The Kier molecular flexibility index (Phi) is 4.58. The molecular formula is C16H26. The zero-order chi connectivity index (χ0) is 12.3. The summed E-state index contributed by atoms with van der Waals surface area (Å²) >= 11 is 0. The standard InChI is InChI=1S/C16H26/c1-7-11(3)15-10-9-13(5)14(6)16(15)12(4)8-2/h9-12H,7-8H2,1-6H3. The lowest BCUT2D eigenvalue weighted by molar-refractivity contribution is 0.671. The highest BCUT2D eigenvalue weighted by Gasteiger charge is 2.16. The second-order valence-corrected chi connectivity index (χ2v) is 5.13. The third-order valence-electron chi connectivity index (χ3n) is 4.07. The molecule has 2 unspecified atom stereocenters. The van der Waals surface area contributed by atoms with Crippen LogP contribution >= 0.6 is 0 Å². The summed E-state index contributed by atoms with van der Waals surface area (Å²) in [5.74, 6) is 1.37. The topological polar surface area (TPSA) is 0 Å². The van der Waals surface area contributed by atoms with Crippen LogP contribution in [-0.4, -0.2) is 0 Å². The van der Waals surface area contributed by atoms with Gasteiger partial charge in [-0.15, -0.1) is 0 Å². The molecule has 0 aliphatic carbocycles. The van der Waals surface area contributed by atoms with Crippen LogP contribution in [0, 0.1) is 13.8 Å². The molecular weight excluding hydrogens is 192 g/mol. The Balaban J connectivity index is 3.32. The Hall–Kier alpha value is -0.780. The highest BCUT2D eigenvalue weighted by molar-refractivity contribution is 5.43. The largest absolute Gasteiger partial charge is 0.0648 e. The van der Waals surface area contributed by atoms with E-state index in [0.29, 0.717) is 11.8 Å². The van der Waals surface area contributed by atoms with Crippen LogP contribution in [0.25, 0.3) is 0 Å². The molecule has 0 N–H and O–H groups in total. The molecule has 0 heterocycles. The molecule has 0 radical (unpaired) electrons. The third-order valence-corrected chi connectivity index (χ3v) is 4.07. The maximum Gasteiger partial charge on any atom is -0.0187 e. The van der Waals surface area contributed by atoms with Gasteiger partial charge in [-0.05, 0) is 60.8 Å². The van der Waals surface area contributed by atoms with Crippen molar-refractivity contribution in [2.75, 3.05) is 0 Å². The van der Waals surface area contributed by atoms with Crippen molar-refractivity contribution in [1.82, 2.24) is 0 Å². The molecule has 0 heteroatoms. The second kappa shape index (κ2) is 5.52. The molecule has 1 aromatic carbocycles. The molecule has 0 spiro atoms. The highest BCUT2D eigenvalue weighted by atomic mass is 14.2. The van der Waals surface area contributed by atoms with Crippen molar-refractivity contribution in [3.05, 3.63) is 34.4 Å². The lowest BCUT2D eigenvalue weighted by Crippen LogP contribution is -2.06. The summed E-state index contributed by atoms with van der Waals surface area (Å²) in [6, 6.07) is 4.63. The molecule has 2 atom stereocenters. The molecule has 0 nitrogen and oxygen atoms in total. The third kappa shape index (κ3) is 2.48. The van der Waals surface area contributed by atoms with E-state index < -0.39 is 0 Å².